The maximum absolute atomic E-state index is 10.7. The molecule has 0 fully saturated rings. The monoisotopic (exact) mass is 224 g/mol. The van der Waals surface area contributed by atoms with Crippen molar-refractivity contribution in [1.82, 2.24) is 10.3 Å². The Morgan fingerprint density at radius 2 is 2.24 bits per heavy atom. The van der Waals surface area contributed by atoms with E-state index in [0.29, 0.717) is 0 Å². The van der Waals surface area contributed by atoms with Crippen molar-refractivity contribution in [3.8, 4) is 0 Å². The number of amides is 1. The lowest BCUT2D eigenvalue weighted by Crippen LogP contribution is -2.21. The van der Waals surface area contributed by atoms with Crippen LogP contribution < -0.4 is 5.32 Å². The van der Waals surface area contributed by atoms with Gasteiger partial charge >= 0.3 is 0 Å². The first kappa shape index (κ1) is 10.0. The molecule has 0 radical (unpaired) electrons. The average molecular weight is 224 g/mol. The molecule has 84 valence electrons. The second kappa shape index (κ2) is 4.01. The highest BCUT2D eigenvalue weighted by molar-refractivity contribution is 5.86. The molecule has 1 aromatic heterocycles. The SMILES string of the molecule is O=CNC1C=CCc2ncc3ccccc3c21. The largest absolute Gasteiger partial charge is 0.348 e. The van der Waals surface area contributed by atoms with Crippen molar-refractivity contribution in [2.75, 3.05) is 0 Å². The Kier molecular flexibility index (Phi) is 2.37. The van der Waals surface area contributed by atoms with Gasteiger partial charge in [-0.05, 0) is 5.39 Å². The number of rotatable bonds is 2. The lowest BCUT2D eigenvalue weighted by molar-refractivity contribution is -0.109. The lowest BCUT2D eigenvalue weighted by atomic mass is 9.92. The number of pyridine rings is 1. The molecule has 0 spiro atoms. The molecule has 1 aliphatic carbocycles. The second-order valence-electron chi connectivity index (χ2n) is 4.10. The zero-order valence-corrected chi connectivity index (χ0v) is 9.26. The van der Waals surface area contributed by atoms with E-state index < -0.39 is 0 Å². The van der Waals surface area contributed by atoms with E-state index in [-0.39, 0.29) is 6.04 Å². The molecule has 2 aromatic rings. The number of nitrogens with one attached hydrogen (secondary N) is 1. The van der Waals surface area contributed by atoms with E-state index >= 15 is 0 Å². The molecule has 1 aliphatic rings. The summed E-state index contributed by atoms with van der Waals surface area (Å²) in [5.41, 5.74) is 2.17. The minimum absolute atomic E-state index is 0.0603. The topological polar surface area (TPSA) is 42.0 Å². The van der Waals surface area contributed by atoms with Crippen LogP contribution in [-0.2, 0) is 11.2 Å². The molecule has 1 unspecified atom stereocenters. The highest BCUT2D eigenvalue weighted by Crippen LogP contribution is 2.30. The first-order chi connectivity index (χ1) is 8.40. The first-order valence-electron chi connectivity index (χ1n) is 5.63. The molecule has 3 heteroatoms. The Labute approximate surface area is 99.2 Å². The molecule has 1 aromatic carbocycles. The highest BCUT2D eigenvalue weighted by Gasteiger charge is 2.18. The summed E-state index contributed by atoms with van der Waals surface area (Å²) in [5, 5.41) is 5.10. The van der Waals surface area contributed by atoms with Gasteiger partial charge in [-0.25, -0.2) is 0 Å². The van der Waals surface area contributed by atoms with Crippen molar-refractivity contribution in [2.45, 2.75) is 12.5 Å². The number of hydrogen-bond acceptors (Lipinski definition) is 2. The fourth-order valence-electron chi connectivity index (χ4n) is 2.36. The molecule has 3 nitrogen and oxygen atoms in total. The van der Waals surface area contributed by atoms with E-state index in [1.54, 1.807) is 0 Å². The summed E-state index contributed by atoms with van der Waals surface area (Å²) < 4.78 is 0. The molecular weight excluding hydrogens is 212 g/mol. The van der Waals surface area contributed by atoms with Crippen molar-refractivity contribution in [2.24, 2.45) is 0 Å². The number of hydrogen-bond donors (Lipinski definition) is 1. The third kappa shape index (κ3) is 1.60. The van der Waals surface area contributed by atoms with Gasteiger partial charge in [-0.3, -0.25) is 9.78 Å². The molecule has 0 bridgehead atoms. The van der Waals surface area contributed by atoms with Crippen molar-refractivity contribution in [1.29, 1.82) is 0 Å². The molecule has 17 heavy (non-hydrogen) atoms. The number of carbonyl (C=O) groups excluding carboxylic acids is 1. The minimum Gasteiger partial charge on any atom is -0.348 e. The van der Waals surface area contributed by atoms with E-state index in [0.717, 1.165) is 29.5 Å². The molecule has 1 N–H and O–H groups in total. The Balaban J connectivity index is 2.26. The van der Waals surface area contributed by atoms with Crippen molar-refractivity contribution in [3.05, 3.63) is 53.9 Å². The first-order valence-corrected chi connectivity index (χ1v) is 5.63. The molecule has 0 saturated carbocycles. The van der Waals surface area contributed by atoms with Crippen LogP contribution >= 0.6 is 0 Å². The van der Waals surface area contributed by atoms with Crippen LogP contribution in [0, 0.1) is 0 Å². The van der Waals surface area contributed by atoms with E-state index in [1.165, 1.54) is 5.39 Å². The minimum atomic E-state index is -0.0603. The lowest BCUT2D eigenvalue weighted by Gasteiger charge is -2.21. The molecule has 3 rings (SSSR count). The van der Waals surface area contributed by atoms with Crippen LogP contribution in [0.1, 0.15) is 17.3 Å². The third-order valence-electron chi connectivity index (χ3n) is 3.12. The van der Waals surface area contributed by atoms with E-state index in [1.807, 2.05) is 36.5 Å². The summed E-state index contributed by atoms with van der Waals surface area (Å²) in [6.45, 7) is 0. The van der Waals surface area contributed by atoms with Gasteiger partial charge in [0.2, 0.25) is 6.41 Å². The average Bonchev–Trinajstić information content (AvgIpc) is 2.39. The molecule has 0 saturated heterocycles. The second-order valence-corrected chi connectivity index (χ2v) is 4.10. The van der Waals surface area contributed by atoms with Gasteiger partial charge in [0, 0.05) is 23.6 Å². The van der Waals surface area contributed by atoms with Gasteiger partial charge in [-0.15, -0.1) is 0 Å². The van der Waals surface area contributed by atoms with Crippen molar-refractivity contribution >= 4 is 17.2 Å². The van der Waals surface area contributed by atoms with Crippen molar-refractivity contribution in [3.63, 3.8) is 0 Å². The number of allylic oxidation sites excluding steroid dienone is 1. The predicted molar refractivity (Wildman–Crippen MR) is 66.5 cm³/mol. The van der Waals surface area contributed by atoms with Gasteiger partial charge in [0.05, 0.1) is 11.7 Å². The molecule has 1 amide bonds. The zero-order valence-electron chi connectivity index (χ0n) is 9.26. The Morgan fingerprint density at radius 1 is 1.35 bits per heavy atom. The predicted octanol–water partition coefficient (Wildman–Crippen LogP) is 2.13. The van der Waals surface area contributed by atoms with Gasteiger partial charge in [0.1, 0.15) is 0 Å². The number of aromatic nitrogens is 1. The van der Waals surface area contributed by atoms with Crippen LogP contribution in [-0.4, -0.2) is 11.4 Å². The smallest absolute Gasteiger partial charge is 0.207 e. The zero-order chi connectivity index (χ0) is 11.7. The highest BCUT2D eigenvalue weighted by atomic mass is 16.1. The van der Waals surface area contributed by atoms with Crippen molar-refractivity contribution < 1.29 is 4.79 Å². The fourth-order valence-corrected chi connectivity index (χ4v) is 2.36. The molecule has 1 atom stereocenters. The van der Waals surface area contributed by atoms with E-state index in [2.05, 4.69) is 16.4 Å². The van der Waals surface area contributed by atoms with Gasteiger partial charge in [-0.1, -0.05) is 36.4 Å². The maximum Gasteiger partial charge on any atom is 0.207 e. The molecular formula is C14H12N2O. The third-order valence-corrected chi connectivity index (χ3v) is 3.12. The van der Waals surface area contributed by atoms with E-state index in [4.69, 9.17) is 0 Å². The Bertz CT molecular complexity index is 604. The van der Waals surface area contributed by atoms with Gasteiger partial charge in [0.25, 0.3) is 0 Å². The summed E-state index contributed by atoms with van der Waals surface area (Å²) >= 11 is 0. The fraction of sp³-hybridized carbons (Fsp3) is 0.143. The van der Waals surface area contributed by atoms with Crippen LogP contribution in [0.25, 0.3) is 10.8 Å². The number of benzene rings is 1. The van der Waals surface area contributed by atoms with Crippen LogP contribution in [0.15, 0.2) is 42.6 Å². The molecule has 0 aliphatic heterocycles. The van der Waals surface area contributed by atoms with Gasteiger partial charge in [-0.2, -0.15) is 0 Å². The summed E-state index contributed by atoms with van der Waals surface area (Å²) in [5.74, 6) is 0. The van der Waals surface area contributed by atoms with Crippen LogP contribution in [0.3, 0.4) is 0 Å². The van der Waals surface area contributed by atoms with Gasteiger partial charge in [0.15, 0.2) is 0 Å². The van der Waals surface area contributed by atoms with Crippen LogP contribution in [0.2, 0.25) is 0 Å². The number of fused-ring (bicyclic) bond motifs is 3. The summed E-state index contributed by atoms with van der Waals surface area (Å²) in [6, 6.07) is 8.07. The Morgan fingerprint density at radius 3 is 3.12 bits per heavy atom. The standard InChI is InChI=1S/C14H12N2O/c17-9-16-13-7-3-6-12-14(13)11-5-2-1-4-10(11)8-15-12/h1-5,7-9,13H,6H2,(H,16,17). The van der Waals surface area contributed by atoms with Gasteiger partial charge < -0.3 is 5.32 Å². The van der Waals surface area contributed by atoms with E-state index in [9.17, 15) is 4.79 Å². The molecule has 1 heterocycles. The van der Waals surface area contributed by atoms with Crippen LogP contribution in [0.5, 0.6) is 0 Å². The summed E-state index contributed by atoms with van der Waals surface area (Å²) in [4.78, 5) is 15.1. The quantitative estimate of drug-likeness (QED) is 0.627. The summed E-state index contributed by atoms with van der Waals surface area (Å²) in [7, 11) is 0. The summed E-state index contributed by atoms with van der Waals surface area (Å²) in [6.07, 6.45) is 7.53. The Hall–Kier alpha value is -2.16. The normalized spacial score (nSPS) is 17.8. The number of carbonyl (C=O) groups is 1. The maximum atomic E-state index is 10.7. The van der Waals surface area contributed by atoms with Crippen LogP contribution in [0.4, 0.5) is 0 Å². The number of nitrogens with zero attached hydrogens (tertiary/aromatic N) is 1.